The van der Waals surface area contributed by atoms with Crippen molar-refractivity contribution >= 4 is 39.2 Å². The van der Waals surface area contributed by atoms with E-state index in [9.17, 15) is 22.0 Å². The second-order valence-electron chi connectivity index (χ2n) is 11.1. The molecule has 1 atom stereocenters. The summed E-state index contributed by atoms with van der Waals surface area (Å²) in [6.45, 7) is 0.0607. The maximum Gasteiger partial charge on any atom is 0.387 e. The Morgan fingerprint density at radius 1 is 1.09 bits per heavy atom. The Labute approximate surface area is 264 Å². The Morgan fingerprint density at radius 3 is 2.39 bits per heavy atom. The summed E-state index contributed by atoms with van der Waals surface area (Å²) in [5.41, 5.74) is 0.315. The molecule has 2 aromatic carbocycles. The number of nitrogens with zero attached hydrogens (tertiary/aromatic N) is 2. The molecule has 2 heterocycles. The second kappa shape index (κ2) is 12.7. The molecule has 5 rings (SSSR count). The molecular formula is C30H31Cl2F2N2O7S+. The largest absolute Gasteiger partial charge is 0.489 e. The molecule has 0 bridgehead atoms. The Balaban J connectivity index is 1.48. The number of sulfonamides is 1. The number of alkyl halides is 2. The van der Waals surface area contributed by atoms with Crippen LogP contribution in [0.15, 0.2) is 59.8 Å². The van der Waals surface area contributed by atoms with Crippen molar-refractivity contribution in [2.24, 2.45) is 5.92 Å². The number of hydrogen-bond acceptors (Lipinski definition) is 7. The molecule has 236 valence electrons. The summed E-state index contributed by atoms with van der Waals surface area (Å²) >= 11 is 13.0. The zero-order chi connectivity index (χ0) is 31.8. The molecule has 1 saturated carbocycles. The maximum atomic E-state index is 13.5. The number of halogens is 4. The standard InChI is InChI=1S/C30H31Cl2F2N2O7S/c1-30(2)21-6-4-5-7-27(21)44(38,39)36(30)16-28(37)42-25(13-20-22(31)14-35(40-3)15-23(20)32)19-10-11-24(43-29(33)34)26(12-19)41-17-18-8-9-18/h4-7,10-12,14-15,18,25,29H,8-9,13,16-17H2,1-3H3/q+1. The van der Waals surface area contributed by atoms with Gasteiger partial charge >= 0.3 is 12.6 Å². The van der Waals surface area contributed by atoms with Crippen LogP contribution in [0.2, 0.25) is 10.0 Å². The number of carbonyl (C=O) groups is 1. The van der Waals surface area contributed by atoms with Crippen molar-refractivity contribution in [3.63, 3.8) is 0 Å². The van der Waals surface area contributed by atoms with Crippen LogP contribution in [0.5, 0.6) is 11.5 Å². The molecule has 0 radical (unpaired) electrons. The van der Waals surface area contributed by atoms with Gasteiger partial charge in [0.25, 0.3) is 0 Å². The van der Waals surface area contributed by atoms with Gasteiger partial charge in [0.15, 0.2) is 11.5 Å². The number of aromatic nitrogens is 1. The fraction of sp³-hybridized carbons (Fsp3) is 0.400. The maximum absolute atomic E-state index is 13.5. The van der Waals surface area contributed by atoms with Gasteiger partial charge in [-0.25, -0.2) is 8.42 Å². The molecule has 14 heteroatoms. The van der Waals surface area contributed by atoms with Gasteiger partial charge in [-0.1, -0.05) is 47.5 Å². The molecule has 3 aromatic rings. The van der Waals surface area contributed by atoms with Crippen molar-refractivity contribution in [2.45, 2.75) is 56.3 Å². The Bertz CT molecular complexity index is 1650. The van der Waals surface area contributed by atoms with Crippen molar-refractivity contribution in [3.8, 4) is 11.5 Å². The van der Waals surface area contributed by atoms with Crippen LogP contribution in [0.1, 0.15) is 49.5 Å². The van der Waals surface area contributed by atoms with E-state index in [2.05, 4.69) is 4.74 Å². The van der Waals surface area contributed by atoms with Gasteiger partial charge in [0.05, 0.1) is 17.0 Å². The minimum Gasteiger partial charge on any atom is -0.489 e. The third-order valence-electron chi connectivity index (χ3n) is 7.67. The van der Waals surface area contributed by atoms with Crippen LogP contribution in [0.3, 0.4) is 0 Å². The van der Waals surface area contributed by atoms with E-state index in [-0.39, 0.29) is 32.9 Å². The third-order valence-corrected chi connectivity index (χ3v) is 10.4. The first-order valence-electron chi connectivity index (χ1n) is 13.8. The fourth-order valence-electron chi connectivity index (χ4n) is 5.11. The summed E-state index contributed by atoms with van der Waals surface area (Å²) in [6, 6.07) is 10.8. The minimum absolute atomic E-state index is 0.0402. The Kier molecular flexibility index (Phi) is 9.27. The highest BCUT2D eigenvalue weighted by atomic mass is 35.5. The number of esters is 1. The van der Waals surface area contributed by atoms with E-state index in [1.54, 1.807) is 32.0 Å². The van der Waals surface area contributed by atoms with Crippen molar-refractivity contribution in [2.75, 3.05) is 20.3 Å². The van der Waals surface area contributed by atoms with Gasteiger partial charge in [0.2, 0.25) is 22.4 Å². The number of carbonyl (C=O) groups excluding carboxylic acids is 1. The first kappa shape index (κ1) is 32.2. The summed E-state index contributed by atoms with van der Waals surface area (Å²) < 4.78 is 71.9. The van der Waals surface area contributed by atoms with E-state index in [0.717, 1.165) is 17.1 Å². The number of rotatable bonds is 12. The minimum atomic E-state index is -4.00. The van der Waals surface area contributed by atoms with Gasteiger partial charge in [0.1, 0.15) is 29.8 Å². The van der Waals surface area contributed by atoms with Crippen LogP contribution in [-0.4, -0.2) is 45.6 Å². The van der Waals surface area contributed by atoms with Crippen molar-refractivity contribution in [3.05, 3.63) is 81.6 Å². The molecule has 1 aliphatic heterocycles. The molecule has 0 spiro atoms. The lowest BCUT2D eigenvalue weighted by molar-refractivity contribution is -0.885. The Hall–Kier alpha value is -3.19. The lowest BCUT2D eigenvalue weighted by atomic mass is 9.94. The normalized spacial score (nSPS) is 17.6. The highest BCUT2D eigenvalue weighted by Crippen LogP contribution is 2.44. The van der Waals surface area contributed by atoms with Crippen molar-refractivity contribution < 1.29 is 45.8 Å². The summed E-state index contributed by atoms with van der Waals surface area (Å²) in [5.74, 6) is -0.648. The average molecular weight is 673 g/mol. The van der Waals surface area contributed by atoms with Gasteiger partial charge < -0.3 is 14.2 Å². The number of benzene rings is 2. The van der Waals surface area contributed by atoms with Crippen LogP contribution >= 0.6 is 23.2 Å². The molecule has 1 aromatic heterocycles. The summed E-state index contributed by atoms with van der Waals surface area (Å²) in [4.78, 5) is 18.8. The van der Waals surface area contributed by atoms with Crippen molar-refractivity contribution in [1.29, 1.82) is 0 Å². The van der Waals surface area contributed by atoms with Crippen LogP contribution in [0.4, 0.5) is 8.78 Å². The lowest BCUT2D eigenvalue weighted by Crippen LogP contribution is -2.43. The molecule has 1 unspecified atom stereocenters. The molecular weight excluding hydrogens is 641 g/mol. The highest BCUT2D eigenvalue weighted by Gasteiger charge is 2.49. The smallest absolute Gasteiger partial charge is 0.387 e. The predicted octanol–water partition coefficient (Wildman–Crippen LogP) is 5.50. The molecule has 2 aliphatic rings. The van der Waals surface area contributed by atoms with Gasteiger partial charge in [0, 0.05) is 16.7 Å². The van der Waals surface area contributed by atoms with E-state index < -0.39 is 40.8 Å². The summed E-state index contributed by atoms with van der Waals surface area (Å²) in [5, 5.41) is 0.420. The quantitative estimate of drug-likeness (QED) is 0.185. The van der Waals surface area contributed by atoms with Crippen molar-refractivity contribution in [1.82, 2.24) is 4.31 Å². The van der Waals surface area contributed by atoms with Crippen LogP contribution in [0.25, 0.3) is 0 Å². The number of fused-ring (bicyclic) bond motifs is 1. The van der Waals surface area contributed by atoms with E-state index in [4.69, 9.17) is 37.5 Å². The molecule has 0 N–H and O–H groups in total. The van der Waals surface area contributed by atoms with Crippen LogP contribution < -0.4 is 19.0 Å². The van der Waals surface area contributed by atoms with Crippen LogP contribution in [0, 0.1) is 5.92 Å². The summed E-state index contributed by atoms with van der Waals surface area (Å²) in [7, 11) is -2.57. The summed E-state index contributed by atoms with van der Waals surface area (Å²) in [6.07, 6.45) is 3.77. The van der Waals surface area contributed by atoms with E-state index in [0.29, 0.717) is 29.2 Å². The van der Waals surface area contributed by atoms with Gasteiger partial charge in [-0.3, -0.25) is 9.63 Å². The average Bonchev–Trinajstić information content (AvgIpc) is 3.78. The molecule has 0 saturated heterocycles. The number of ether oxygens (including phenoxy) is 3. The lowest BCUT2D eigenvalue weighted by Gasteiger charge is -2.30. The fourth-order valence-corrected chi connectivity index (χ4v) is 7.77. The predicted molar refractivity (Wildman–Crippen MR) is 156 cm³/mol. The first-order valence-corrected chi connectivity index (χ1v) is 16.0. The van der Waals surface area contributed by atoms with E-state index in [1.807, 2.05) is 0 Å². The van der Waals surface area contributed by atoms with E-state index in [1.165, 1.54) is 48.5 Å². The zero-order valence-electron chi connectivity index (χ0n) is 24.1. The SMILES string of the molecule is CO[n+]1cc(Cl)c(CC(OC(=O)CN2C(C)(C)c3ccccc3S2(=O)=O)c2ccc(OC(F)F)c(OCC3CC3)c2)c(Cl)c1. The third kappa shape index (κ3) is 6.73. The second-order valence-corrected chi connectivity index (χ2v) is 13.7. The Morgan fingerprint density at radius 2 is 1.77 bits per heavy atom. The first-order chi connectivity index (χ1) is 20.8. The molecule has 0 amide bonds. The number of hydrogen-bond donors (Lipinski definition) is 0. The van der Waals surface area contributed by atoms with Gasteiger partial charge in [-0.15, -0.1) is 0 Å². The molecule has 1 fully saturated rings. The zero-order valence-corrected chi connectivity index (χ0v) is 26.5. The van der Waals surface area contributed by atoms with Crippen LogP contribution in [-0.2, 0) is 31.5 Å². The topological polar surface area (TPSA) is 95.2 Å². The van der Waals surface area contributed by atoms with Gasteiger partial charge in [-0.05, 0) is 61.9 Å². The molecule has 44 heavy (non-hydrogen) atoms. The highest BCUT2D eigenvalue weighted by molar-refractivity contribution is 7.89. The monoisotopic (exact) mass is 671 g/mol. The molecule has 9 nitrogen and oxygen atoms in total. The van der Waals surface area contributed by atoms with E-state index >= 15 is 0 Å². The molecule has 1 aliphatic carbocycles. The van der Waals surface area contributed by atoms with Gasteiger partial charge in [-0.2, -0.15) is 13.1 Å². The number of pyridine rings is 1.